The van der Waals surface area contributed by atoms with E-state index in [4.69, 9.17) is 4.74 Å². The Hall–Kier alpha value is -1.71. The predicted molar refractivity (Wildman–Crippen MR) is 83.7 cm³/mol. The molecule has 1 N–H and O–H groups in total. The van der Waals surface area contributed by atoms with Gasteiger partial charge in [0.25, 0.3) is 0 Å². The van der Waals surface area contributed by atoms with Gasteiger partial charge in [0.05, 0.1) is 24.1 Å². The molecule has 2 aromatic rings. The molecule has 0 saturated heterocycles. The van der Waals surface area contributed by atoms with Gasteiger partial charge in [-0.25, -0.2) is 0 Å². The lowest BCUT2D eigenvalue weighted by molar-refractivity contribution is 0.0504. The highest BCUT2D eigenvalue weighted by atomic mass is 16.5. The van der Waals surface area contributed by atoms with Crippen LogP contribution < -0.4 is 5.32 Å². The molecule has 3 heteroatoms. The fourth-order valence-corrected chi connectivity index (χ4v) is 2.28. The van der Waals surface area contributed by atoms with E-state index in [1.54, 1.807) is 0 Å². The zero-order valence-electron chi connectivity index (χ0n) is 12.5. The van der Waals surface area contributed by atoms with Crippen LogP contribution in [0.25, 0.3) is 0 Å². The van der Waals surface area contributed by atoms with E-state index in [0.29, 0.717) is 12.6 Å². The molecule has 1 aromatic heterocycles. The van der Waals surface area contributed by atoms with Gasteiger partial charge in [-0.3, -0.25) is 4.98 Å². The van der Waals surface area contributed by atoms with Crippen LogP contribution in [-0.2, 0) is 17.9 Å². The molecule has 0 spiro atoms. The Morgan fingerprint density at radius 1 is 1.10 bits per heavy atom. The molecule has 0 radical (unpaired) electrons. The predicted octanol–water partition coefficient (Wildman–Crippen LogP) is 3.61. The van der Waals surface area contributed by atoms with Crippen molar-refractivity contribution in [1.82, 2.24) is 10.3 Å². The quantitative estimate of drug-likeness (QED) is 0.842. The normalized spacial score (nSPS) is 15.9. The molecule has 1 atom stereocenters. The second-order valence-corrected chi connectivity index (χ2v) is 5.64. The summed E-state index contributed by atoms with van der Waals surface area (Å²) in [5.41, 5.74) is 3.28. The lowest BCUT2D eigenvalue weighted by atomic mass is 10.1. The molecule has 1 aliphatic rings. The Balaban J connectivity index is 1.53. The summed E-state index contributed by atoms with van der Waals surface area (Å²) >= 11 is 0. The van der Waals surface area contributed by atoms with Crippen molar-refractivity contribution in [2.75, 3.05) is 0 Å². The molecule has 3 nitrogen and oxygen atoms in total. The van der Waals surface area contributed by atoms with Gasteiger partial charge in [0.15, 0.2) is 0 Å². The minimum atomic E-state index is 0.0845. The van der Waals surface area contributed by atoms with Crippen LogP contribution in [0.3, 0.4) is 0 Å². The molecule has 110 valence electrons. The van der Waals surface area contributed by atoms with Gasteiger partial charge in [-0.05, 0) is 37.5 Å². The summed E-state index contributed by atoms with van der Waals surface area (Å²) in [5, 5.41) is 3.49. The molecule has 1 aliphatic carbocycles. The highest BCUT2D eigenvalue weighted by Gasteiger charge is 2.20. The van der Waals surface area contributed by atoms with E-state index in [9.17, 15) is 0 Å². The van der Waals surface area contributed by atoms with E-state index >= 15 is 0 Å². The lowest BCUT2D eigenvalue weighted by Crippen LogP contribution is -2.16. The summed E-state index contributed by atoms with van der Waals surface area (Å²) < 4.78 is 5.92. The SMILES string of the molecule is CC(OCc1cccc(CNC2CC2)n1)c1ccccc1. The van der Waals surface area contributed by atoms with Crippen LogP contribution in [0.5, 0.6) is 0 Å². The van der Waals surface area contributed by atoms with E-state index < -0.39 is 0 Å². The number of rotatable bonds is 7. The molecular formula is C18H22N2O. The summed E-state index contributed by atoms with van der Waals surface area (Å²) in [6.07, 6.45) is 2.69. The van der Waals surface area contributed by atoms with Crippen LogP contribution in [0, 0.1) is 0 Å². The Kier molecular flexibility index (Phi) is 4.63. The standard InChI is InChI=1S/C18H22N2O/c1-14(15-6-3-2-4-7-15)21-13-18-9-5-8-17(20-18)12-19-16-10-11-16/h2-9,14,16,19H,10-13H2,1H3. The third kappa shape index (κ3) is 4.38. The second kappa shape index (κ2) is 6.83. The number of benzene rings is 1. The molecule has 1 unspecified atom stereocenters. The molecule has 1 heterocycles. The number of hydrogen-bond donors (Lipinski definition) is 1. The average molecular weight is 282 g/mol. The summed E-state index contributed by atoms with van der Waals surface area (Å²) in [4.78, 5) is 4.65. The van der Waals surface area contributed by atoms with Gasteiger partial charge in [0.2, 0.25) is 0 Å². The van der Waals surface area contributed by atoms with Crippen LogP contribution in [0.4, 0.5) is 0 Å². The first-order valence-electron chi connectivity index (χ1n) is 7.66. The van der Waals surface area contributed by atoms with Gasteiger partial charge < -0.3 is 10.1 Å². The van der Waals surface area contributed by atoms with E-state index in [1.807, 2.05) is 24.3 Å². The lowest BCUT2D eigenvalue weighted by Gasteiger charge is -2.13. The monoisotopic (exact) mass is 282 g/mol. The third-order valence-corrected chi connectivity index (χ3v) is 3.76. The number of nitrogens with zero attached hydrogens (tertiary/aromatic N) is 1. The van der Waals surface area contributed by atoms with Crippen molar-refractivity contribution in [2.24, 2.45) is 0 Å². The molecular weight excluding hydrogens is 260 g/mol. The van der Waals surface area contributed by atoms with E-state index in [-0.39, 0.29) is 6.10 Å². The fraction of sp³-hybridized carbons (Fsp3) is 0.389. The van der Waals surface area contributed by atoms with Crippen LogP contribution in [0.1, 0.15) is 42.8 Å². The topological polar surface area (TPSA) is 34.1 Å². The van der Waals surface area contributed by atoms with E-state index in [0.717, 1.165) is 17.9 Å². The fourth-order valence-electron chi connectivity index (χ4n) is 2.28. The molecule has 0 amide bonds. The highest BCUT2D eigenvalue weighted by Crippen LogP contribution is 2.19. The zero-order chi connectivity index (χ0) is 14.5. The highest BCUT2D eigenvalue weighted by molar-refractivity contribution is 5.17. The van der Waals surface area contributed by atoms with Crippen LogP contribution in [0.15, 0.2) is 48.5 Å². The summed E-state index contributed by atoms with van der Waals surface area (Å²) in [6.45, 7) is 3.48. The van der Waals surface area contributed by atoms with Crippen LogP contribution >= 0.6 is 0 Å². The molecule has 0 aliphatic heterocycles. The Bertz CT molecular complexity index is 566. The molecule has 21 heavy (non-hydrogen) atoms. The molecule has 0 bridgehead atoms. The van der Waals surface area contributed by atoms with Gasteiger partial charge in [-0.1, -0.05) is 36.4 Å². The Morgan fingerprint density at radius 2 is 1.86 bits per heavy atom. The number of nitrogens with one attached hydrogen (secondary N) is 1. The van der Waals surface area contributed by atoms with E-state index in [1.165, 1.54) is 18.4 Å². The van der Waals surface area contributed by atoms with Crippen LogP contribution in [0.2, 0.25) is 0 Å². The first-order valence-corrected chi connectivity index (χ1v) is 7.66. The van der Waals surface area contributed by atoms with Crippen molar-refractivity contribution in [3.63, 3.8) is 0 Å². The van der Waals surface area contributed by atoms with Crippen molar-refractivity contribution < 1.29 is 4.74 Å². The molecule has 1 saturated carbocycles. The summed E-state index contributed by atoms with van der Waals surface area (Å²) in [5.74, 6) is 0. The largest absolute Gasteiger partial charge is 0.368 e. The molecule has 3 rings (SSSR count). The van der Waals surface area contributed by atoms with Crippen molar-refractivity contribution in [2.45, 2.75) is 45.1 Å². The van der Waals surface area contributed by atoms with Crippen molar-refractivity contribution >= 4 is 0 Å². The van der Waals surface area contributed by atoms with Crippen molar-refractivity contribution in [3.05, 3.63) is 65.5 Å². The summed E-state index contributed by atoms with van der Waals surface area (Å²) in [6, 6.07) is 17.1. The summed E-state index contributed by atoms with van der Waals surface area (Å²) in [7, 11) is 0. The van der Waals surface area contributed by atoms with Crippen molar-refractivity contribution in [3.8, 4) is 0 Å². The number of aromatic nitrogens is 1. The second-order valence-electron chi connectivity index (χ2n) is 5.64. The van der Waals surface area contributed by atoms with Gasteiger partial charge in [-0.15, -0.1) is 0 Å². The average Bonchev–Trinajstić information content (AvgIpc) is 3.36. The smallest absolute Gasteiger partial charge is 0.0896 e. The van der Waals surface area contributed by atoms with Gasteiger partial charge in [-0.2, -0.15) is 0 Å². The number of hydrogen-bond acceptors (Lipinski definition) is 3. The maximum atomic E-state index is 5.92. The number of ether oxygens (including phenoxy) is 1. The first kappa shape index (κ1) is 14.2. The Morgan fingerprint density at radius 3 is 2.62 bits per heavy atom. The first-order chi connectivity index (χ1) is 10.3. The Labute approximate surface area is 126 Å². The maximum absolute atomic E-state index is 5.92. The van der Waals surface area contributed by atoms with Gasteiger partial charge >= 0.3 is 0 Å². The van der Waals surface area contributed by atoms with E-state index in [2.05, 4.69) is 41.5 Å². The van der Waals surface area contributed by atoms with Crippen LogP contribution in [-0.4, -0.2) is 11.0 Å². The number of pyridine rings is 1. The molecule has 1 aromatic carbocycles. The van der Waals surface area contributed by atoms with Gasteiger partial charge in [0, 0.05) is 12.6 Å². The zero-order valence-corrected chi connectivity index (χ0v) is 12.5. The third-order valence-electron chi connectivity index (χ3n) is 3.76. The molecule has 1 fully saturated rings. The minimum absolute atomic E-state index is 0.0845. The van der Waals surface area contributed by atoms with Gasteiger partial charge in [0.1, 0.15) is 0 Å². The minimum Gasteiger partial charge on any atom is -0.368 e. The van der Waals surface area contributed by atoms with Crippen molar-refractivity contribution in [1.29, 1.82) is 0 Å². The maximum Gasteiger partial charge on any atom is 0.0896 e.